The highest BCUT2D eigenvalue weighted by Gasteiger charge is 2.41. The molecule has 0 heterocycles. The average molecular weight is 326 g/mol. The molecular weight excluding hydrogens is 300 g/mol. The zero-order chi connectivity index (χ0) is 16.7. The molecule has 0 bridgehead atoms. The molecule has 4 rings (SSSR count). The van der Waals surface area contributed by atoms with Gasteiger partial charge in [0.25, 0.3) is 0 Å². The van der Waals surface area contributed by atoms with Crippen molar-refractivity contribution >= 4 is 0 Å². The van der Waals surface area contributed by atoms with Crippen LogP contribution in [0, 0.1) is 17.8 Å². The Labute approximate surface area is 143 Å². The van der Waals surface area contributed by atoms with E-state index in [2.05, 4.69) is 6.08 Å². The summed E-state index contributed by atoms with van der Waals surface area (Å²) < 4.78 is 0. The second kappa shape index (κ2) is 6.29. The summed E-state index contributed by atoms with van der Waals surface area (Å²) in [5.41, 5.74) is 3.25. The minimum atomic E-state index is -0.113. The molecule has 0 aliphatic heterocycles. The molecule has 3 N–H and O–H groups in total. The number of hydrogen-bond donors (Lipinski definition) is 3. The van der Waals surface area contributed by atoms with Crippen LogP contribution in [0.3, 0.4) is 0 Å². The SMILES string of the molecule is OCc1cc2c(cc1O)[C@@H]1CCCC[C@@H]1[C@H](C1C=CC(O)=CC1)C2. The maximum atomic E-state index is 10.2. The minimum Gasteiger partial charge on any atom is -0.508 e. The summed E-state index contributed by atoms with van der Waals surface area (Å²) in [6.45, 7) is -0.113. The van der Waals surface area contributed by atoms with E-state index < -0.39 is 0 Å². The highest BCUT2D eigenvalue weighted by Crippen LogP contribution is 2.52. The summed E-state index contributed by atoms with van der Waals surface area (Å²) in [4.78, 5) is 0. The smallest absolute Gasteiger partial charge is 0.121 e. The number of fused-ring (bicyclic) bond motifs is 3. The van der Waals surface area contributed by atoms with Crippen LogP contribution in [0.4, 0.5) is 0 Å². The third-order valence-corrected chi connectivity index (χ3v) is 6.40. The molecule has 1 aromatic rings. The summed E-state index contributed by atoms with van der Waals surface area (Å²) >= 11 is 0. The lowest BCUT2D eigenvalue weighted by Gasteiger charge is -2.45. The van der Waals surface area contributed by atoms with Crippen LogP contribution >= 0.6 is 0 Å². The summed E-state index contributed by atoms with van der Waals surface area (Å²) in [6.07, 6.45) is 12.9. The Balaban J connectivity index is 1.71. The Morgan fingerprint density at radius 1 is 1.04 bits per heavy atom. The number of aliphatic hydroxyl groups excluding tert-OH is 2. The number of allylic oxidation sites excluding steroid dienone is 3. The van der Waals surface area contributed by atoms with Crippen molar-refractivity contribution in [1.82, 2.24) is 0 Å². The van der Waals surface area contributed by atoms with Gasteiger partial charge in [-0.2, -0.15) is 0 Å². The van der Waals surface area contributed by atoms with Gasteiger partial charge in [0.1, 0.15) is 11.5 Å². The van der Waals surface area contributed by atoms with Crippen LogP contribution in [-0.2, 0) is 13.0 Å². The van der Waals surface area contributed by atoms with Crippen molar-refractivity contribution in [2.75, 3.05) is 0 Å². The van der Waals surface area contributed by atoms with E-state index in [1.54, 1.807) is 0 Å². The first-order valence-corrected chi connectivity index (χ1v) is 9.20. The highest BCUT2D eigenvalue weighted by molar-refractivity contribution is 5.45. The molecule has 24 heavy (non-hydrogen) atoms. The van der Waals surface area contributed by atoms with E-state index in [1.165, 1.54) is 36.8 Å². The van der Waals surface area contributed by atoms with E-state index in [1.807, 2.05) is 24.3 Å². The molecule has 3 aliphatic carbocycles. The van der Waals surface area contributed by atoms with Gasteiger partial charge in [-0.25, -0.2) is 0 Å². The summed E-state index contributed by atoms with van der Waals surface area (Å²) in [7, 11) is 0. The number of aromatic hydroxyl groups is 1. The van der Waals surface area contributed by atoms with E-state index >= 15 is 0 Å². The van der Waals surface area contributed by atoms with Crippen molar-refractivity contribution in [1.29, 1.82) is 0 Å². The Bertz CT molecular complexity index is 689. The lowest BCUT2D eigenvalue weighted by molar-refractivity contribution is 0.155. The normalized spacial score (nSPS) is 32.0. The zero-order valence-corrected chi connectivity index (χ0v) is 14.0. The molecule has 3 aliphatic rings. The van der Waals surface area contributed by atoms with Gasteiger partial charge >= 0.3 is 0 Å². The summed E-state index contributed by atoms with van der Waals surface area (Å²) in [6, 6.07) is 3.94. The molecule has 1 fully saturated rings. The molecule has 0 saturated heterocycles. The van der Waals surface area contributed by atoms with Crippen LogP contribution in [0.25, 0.3) is 0 Å². The molecule has 0 spiro atoms. The van der Waals surface area contributed by atoms with Crippen LogP contribution in [0.2, 0.25) is 0 Å². The minimum absolute atomic E-state index is 0.113. The fraction of sp³-hybridized carbons (Fsp3) is 0.524. The van der Waals surface area contributed by atoms with E-state index in [4.69, 9.17) is 0 Å². The molecule has 4 atom stereocenters. The van der Waals surface area contributed by atoms with Crippen LogP contribution in [0.5, 0.6) is 5.75 Å². The van der Waals surface area contributed by atoms with Crippen molar-refractivity contribution in [3.8, 4) is 5.75 Å². The standard InChI is InChI=1S/C21H26O3/c22-12-15-9-14-10-19(13-5-7-16(23)8-6-13)17-3-1-2-4-18(17)20(14)11-21(15)24/h5,7-9,11,13,17-19,22-24H,1-4,6,10,12H2/t13?,17-,18+,19-/m0/s1. The van der Waals surface area contributed by atoms with E-state index in [0.29, 0.717) is 35.0 Å². The Hall–Kier alpha value is -1.74. The second-order valence-corrected chi connectivity index (χ2v) is 7.65. The van der Waals surface area contributed by atoms with Gasteiger partial charge in [0.2, 0.25) is 0 Å². The van der Waals surface area contributed by atoms with Gasteiger partial charge < -0.3 is 15.3 Å². The molecule has 1 unspecified atom stereocenters. The molecule has 0 radical (unpaired) electrons. The maximum Gasteiger partial charge on any atom is 0.121 e. The molecular formula is C21H26O3. The van der Waals surface area contributed by atoms with Crippen molar-refractivity contribution in [3.63, 3.8) is 0 Å². The van der Waals surface area contributed by atoms with E-state index in [9.17, 15) is 15.3 Å². The van der Waals surface area contributed by atoms with Crippen LogP contribution in [0.15, 0.2) is 36.1 Å². The number of aliphatic hydroxyl groups is 2. The number of hydrogen-bond acceptors (Lipinski definition) is 3. The van der Waals surface area contributed by atoms with Gasteiger partial charge in [0.15, 0.2) is 0 Å². The lowest BCUT2D eigenvalue weighted by Crippen LogP contribution is -2.36. The largest absolute Gasteiger partial charge is 0.508 e. The van der Waals surface area contributed by atoms with Gasteiger partial charge in [0.05, 0.1) is 6.61 Å². The molecule has 128 valence electrons. The predicted molar refractivity (Wildman–Crippen MR) is 93.9 cm³/mol. The quantitative estimate of drug-likeness (QED) is 0.757. The number of benzene rings is 1. The second-order valence-electron chi connectivity index (χ2n) is 7.65. The van der Waals surface area contributed by atoms with Crippen LogP contribution < -0.4 is 0 Å². The molecule has 3 heteroatoms. The monoisotopic (exact) mass is 326 g/mol. The lowest BCUT2D eigenvalue weighted by atomic mass is 9.59. The zero-order valence-electron chi connectivity index (χ0n) is 14.0. The molecule has 3 nitrogen and oxygen atoms in total. The fourth-order valence-electron chi connectivity index (χ4n) is 5.22. The van der Waals surface area contributed by atoms with E-state index in [-0.39, 0.29) is 12.4 Å². The van der Waals surface area contributed by atoms with E-state index in [0.717, 1.165) is 12.8 Å². The first kappa shape index (κ1) is 15.8. The Morgan fingerprint density at radius 2 is 1.88 bits per heavy atom. The Morgan fingerprint density at radius 3 is 2.62 bits per heavy atom. The number of rotatable bonds is 2. The molecule has 1 saturated carbocycles. The topological polar surface area (TPSA) is 60.7 Å². The predicted octanol–water partition coefficient (Wildman–Crippen LogP) is 4.35. The summed E-state index contributed by atoms with van der Waals surface area (Å²) in [5.74, 6) is 2.87. The van der Waals surface area contributed by atoms with Gasteiger partial charge in [0, 0.05) is 5.56 Å². The molecule has 0 aromatic heterocycles. The molecule has 0 amide bonds. The molecule has 1 aromatic carbocycles. The van der Waals surface area contributed by atoms with Gasteiger partial charge in [-0.15, -0.1) is 0 Å². The number of phenols is 1. The first-order chi connectivity index (χ1) is 11.7. The van der Waals surface area contributed by atoms with Crippen molar-refractivity contribution in [2.45, 2.75) is 51.0 Å². The first-order valence-electron chi connectivity index (χ1n) is 9.20. The van der Waals surface area contributed by atoms with Crippen molar-refractivity contribution in [2.24, 2.45) is 17.8 Å². The van der Waals surface area contributed by atoms with Crippen molar-refractivity contribution < 1.29 is 15.3 Å². The van der Waals surface area contributed by atoms with Gasteiger partial charge in [-0.05, 0) is 84.8 Å². The van der Waals surface area contributed by atoms with Crippen LogP contribution in [-0.4, -0.2) is 15.3 Å². The third kappa shape index (κ3) is 2.65. The van der Waals surface area contributed by atoms with Crippen molar-refractivity contribution in [3.05, 3.63) is 52.8 Å². The maximum absolute atomic E-state index is 10.2. The van der Waals surface area contributed by atoms with Gasteiger partial charge in [-0.3, -0.25) is 0 Å². The highest BCUT2D eigenvalue weighted by atomic mass is 16.3. The fourth-order valence-corrected chi connectivity index (χ4v) is 5.22. The third-order valence-electron chi connectivity index (χ3n) is 6.40. The van der Waals surface area contributed by atoms with Gasteiger partial charge in [-0.1, -0.05) is 18.9 Å². The summed E-state index contributed by atoms with van der Waals surface area (Å²) in [5, 5.41) is 29.3. The van der Waals surface area contributed by atoms with Crippen LogP contribution in [0.1, 0.15) is 54.7 Å². The average Bonchev–Trinajstić information content (AvgIpc) is 2.61. The Kier molecular flexibility index (Phi) is 4.13.